The van der Waals surface area contributed by atoms with Crippen molar-refractivity contribution in [2.45, 2.75) is 24.7 Å². The standard InChI is InChI=1S/C20H29N3O6S/c1-5-29-20(26)16-9-7-11-23(13-16)18(24)14-22(4)19(25)15-8-6-10-17(12-15)30(27,28)21(2)3/h6,8,10,12,16H,5,7,9,11,13-14H2,1-4H3. The smallest absolute Gasteiger partial charge is 0.310 e. The molecule has 1 aliphatic heterocycles. The second-order valence-electron chi connectivity index (χ2n) is 7.41. The number of piperidine rings is 1. The van der Waals surface area contributed by atoms with Gasteiger partial charge in [-0.2, -0.15) is 0 Å². The zero-order valence-electron chi connectivity index (χ0n) is 17.8. The minimum Gasteiger partial charge on any atom is -0.466 e. The number of amides is 2. The summed E-state index contributed by atoms with van der Waals surface area (Å²) in [5.41, 5.74) is 0.177. The average molecular weight is 440 g/mol. The van der Waals surface area contributed by atoms with Crippen LogP contribution in [0.4, 0.5) is 0 Å². The van der Waals surface area contributed by atoms with Gasteiger partial charge in [0, 0.05) is 39.8 Å². The Morgan fingerprint density at radius 1 is 1.20 bits per heavy atom. The van der Waals surface area contributed by atoms with Crippen LogP contribution in [0.5, 0.6) is 0 Å². The quantitative estimate of drug-likeness (QED) is 0.583. The lowest BCUT2D eigenvalue weighted by Gasteiger charge is -2.32. The van der Waals surface area contributed by atoms with E-state index in [4.69, 9.17) is 4.74 Å². The van der Waals surface area contributed by atoms with Gasteiger partial charge in [-0.3, -0.25) is 14.4 Å². The van der Waals surface area contributed by atoms with Crippen LogP contribution in [-0.4, -0.2) is 87.7 Å². The number of carbonyl (C=O) groups is 3. The highest BCUT2D eigenvalue weighted by Gasteiger charge is 2.30. The molecule has 166 valence electrons. The van der Waals surface area contributed by atoms with E-state index in [-0.39, 0.29) is 41.3 Å². The van der Waals surface area contributed by atoms with E-state index in [2.05, 4.69) is 0 Å². The first-order chi connectivity index (χ1) is 14.1. The van der Waals surface area contributed by atoms with Crippen molar-refractivity contribution in [3.05, 3.63) is 29.8 Å². The number of rotatable bonds is 7. The molecule has 0 saturated carbocycles. The maximum absolute atomic E-state index is 12.7. The second-order valence-corrected chi connectivity index (χ2v) is 9.56. The summed E-state index contributed by atoms with van der Waals surface area (Å²) in [6.07, 6.45) is 1.36. The summed E-state index contributed by atoms with van der Waals surface area (Å²) in [5, 5.41) is 0. The van der Waals surface area contributed by atoms with E-state index in [1.54, 1.807) is 11.8 Å². The number of likely N-dealkylation sites (N-methyl/N-ethyl adjacent to an activating group) is 1. The molecule has 1 aliphatic rings. The molecule has 1 heterocycles. The van der Waals surface area contributed by atoms with Crippen LogP contribution in [0.1, 0.15) is 30.1 Å². The highest BCUT2D eigenvalue weighted by Crippen LogP contribution is 2.19. The van der Waals surface area contributed by atoms with Crippen molar-refractivity contribution in [3.8, 4) is 0 Å². The fourth-order valence-corrected chi connectivity index (χ4v) is 4.20. The van der Waals surface area contributed by atoms with Gasteiger partial charge in [-0.05, 0) is 38.0 Å². The van der Waals surface area contributed by atoms with Crippen molar-refractivity contribution in [3.63, 3.8) is 0 Å². The molecule has 0 spiro atoms. The molecular formula is C20H29N3O6S. The SMILES string of the molecule is CCOC(=O)C1CCCN(C(=O)CN(C)C(=O)c2cccc(S(=O)(=O)N(C)C)c2)C1. The molecule has 30 heavy (non-hydrogen) atoms. The van der Waals surface area contributed by atoms with Crippen molar-refractivity contribution in [1.29, 1.82) is 0 Å². The lowest BCUT2D eigenvalue weighted by atomic mass is 9.98. The Balaban J connectivity index is 2.05. The fourth-order valence-electron chi connectivity index (χ4n) is 3.25. The Bertz CT molecular complexity index is 900. The van der Waals surface area contributed by atoms with Gasteiger partial charge in [-0.1, -0.05) is 6.07 Å². The first-order valence-electron chi connectivity index (χ1n) is 9.80. The third-order valence-electron chi connectivity index (χ3n) is 4.97. The third-order valence-corrected chi connectivity index (χ3v) is 6.78. The topological polar surface area (TPSA) is 104 Å². The van der Waals surface area contributed by atoms with Gasteiger partial charge in [0.2, 0.25) is 15.9 Å². The summed E-state index contributed by atoms with van der Waals surface area (Å²) in [7, 11) is 0.639. The molecule has 0 N–H and O–H groups in total. The van der Waals surface area contributed by atoms with E-state index in [0.29, 0.717) is 26.0 Å². The van der Waals surface area contributed by atoms with E-state index >= 15 is 0 Å². The van der Waals surface area contributed by atoms with Gasteiger partial charge in [0.25, 0.3) is 5.91 Å². The zero-order valence-corrected chi connectivity index (χ0v) is 18.6. The molecule has 1 aromatic carbocycles. The van der Waals surface area contributed by atoms with E-state index in [9.17, 15) is 22.8 Å². The maximum atomic E-state index is 12.7. The number of benzene rings is 1. The second kappa shape index (κ2) is 10.0. The number of hydrogen-bond donors (Lipinski definition) is 0. The Labute approximate surface area is 177 Å². The molecule has 0 bridgehead atoms. The molecular weight excluding hydrogens is 410 g/mol. The number of ether oxygens (including phenoxy) is 1. The molecule has 1 saturated heterocycles. The lowest BCUT2D eigenvalue weighted by Crippen LogP contribution is -2.47. The molecule has 0 aromatic heterocycles. The first-order valence-corrected chi connectivity index (χ1v) is 11.2. The van der Waals surface area contributed by atoms with Gasteiger partial charge in [0.05, 0.1) is 24.0 Å². The number of carbonyl (C=O) groups excluding carboxylic acids is 3. The molecule has 10 heteroatoms. The zero-order chi connectivity index (χ0) is 22.5. The predicted octanol–water partition coefficient (Wildman–Crippen LogP) is 0.811. The number of hydrogen-bond acceptors (Lipinski definition) is 6. The maximum Gasteiger partial charge on any atom is 0.310 e. The first kappa shape index (κ1) is 23.8. The van der Waals surface area contributed by atoms with Crippen LogP contribution < -0.4 is 0 Å². The number of likely N-dealkylation sites (tertiary alicyclic amines) is 1. The molecule has 1 atom stereocenters. The van der Waals surface area contributed by atoms with Gasteiger partial charge in [0.15, 0.2) is 0 Å². The molecule has 1 unspecified atom stereocenters. The summed E-state index contributed by atoms with van der Waals surface area (Å²) in [6, 6.07) is 5.72. The lowest BCUT2D eigenvalue weighted by molar-refractivity contribution is -0.151. The Morgan fingerprint density at radius 3 is 2.53 bits per heavy atom. The number of esters is 1. The predicted molar refractivity (Wildman–Crippen MR) is 110 cm³/mol. The van der Waals surface area contributed by atoms with Crippen LogP contribution in [0, 0.1) is 5.92 Å². The van der Waals surface area contributed by atoms with Crippen molar-refractivity contribution in [1.82, 2.24) is 14.1 Å². The highest BCUT2D eigenvalue weighted by atomic mass is 32.2. The molecule has 2 rings (SSSR count). The Kier molecular flexibility index (Phi) is 7.96. The average Bonchev–Trinajstić information content (AvgIpc) is 2.73. The van der Waals surface area contributed by atoms with E-state index in [1.165, 1.54) is 50.3 Å². The minimum atomic E-state index is -3.67. The normalized spacial score (nSPS) is 17.0. The summed E-state index contributed by atoms with van der Waals surface area (Å²) >= 11 is 0. The fraction of sp³-hybridized carbons (Fsp3) is 0.550. The van der Waals surface area contributed by atoms with Crippen LogP contribution in [-0.2, 0) is 24.3 Å². The molecule has 1 fully saturated rings. The monoisotopic (exact) mass is 439 g/mol. The Morgan fingerprint density at radius 2 is 1.90 bits per heavy atom. The van der Waals surface area contributed by atoms with Crippen molar-refractivity contribution in [2.24, 2.45) is 5.92 Å². The van der Waals surface area contributed by atoms with E-state index < -0.39 is 15.9 Å². The van der Waals surface area contributed by atoms with Crippen molar-refractivity contribution < 1.29 is 27.5 Å². The van der Waals surface area contributed by atoms with Crippen LogP contribution in [0.15, 0.2) is 29.2 Å². The molecule has 9 nitrogen and oxygen atoms in total. The molecule has 0 radical (unpaired) electrons. The molecule has 0 aliphatic carbocycles. The van der Waals surface area contributed by atoms with Gasteiger partial charge >= 0.3 is 5.97 Å². The van der Waals surface area contributed by atoms with Crippen LogP contribution >= 0.6 is 0 Å². The van der Waals surface area contributed by atoms with Crippen molar-refractivity contribution in [2.75, 3.05) is 47.4 Å². The summed E-state index contributed by atoms with van der Waals surface area (Å²) < 4.78 is 30.7. The highest BCUT2D eigenvalue weighted by molar-refractivity contribution is 7.89. The summed E-state index contributed by atoms with van der Waals surface area (Å²) in [5.74, 6) is -1.38. The van der Waals surface area contributed by atoms with Crippen LogP contribution in [0.3, 0.4) is 0 Å². The summed E-state index contributed by atoms with van der Waals surface area (Å²) in [6.45, 7) is 2.66. The third kappa shape index (κ3) is 5.57. The van der Waals surface area contributed by atoms with Gasteiger partial charge in [-0.25, -0.2) is 12.7 Å². The van der Waals surface area contributed by atoms with Gasteiger partial charge < -0.3 is 14.5 Å². The number of nitrogens with zero attached hydrogens (tertiary/aromatic N) is 3. The van der Waals surface area contributed by atoms with Gasteiger partial charge in [-0.15, -0.1) is 0 Å². The number of sulfonamides is 1. The summed E-state index contributed by atoms with van der Waals surface area (Å²) in [4.78, 5) is 40.2. The van der Waals surface area contributed by atoms with Crippen LogP contribution in [0.25, 0.3) is 0 Å². The van der Waals surface area contributed by atoms with E-state index in [0.717, 1.165) is 4.31 Å². The largest absolute Gasteiger partial charge is 0.466 e. The van der Waals surface area contributed by atoms with Crippen LogP contribution in [0.2, 0.25) is 0 Å². The Hall–Kier alpha value is -2.46. The van der Waals surface area contributed by atoms with Gasteiger partial charge in [0.1, 0.15) is 0 Å². The van der Waals surface area contributed by atoms with Crippen molar-refractivity contribution >= 4 is 27.8 Å². The van der Waals surface area contributed by atoms with E-state index in [1.807, 2.05) is 0 Å². The molecule has 1 aromatic rings. The minimum absolute atomic E-state index is 0.00591. The molecule has 2 amide bonds.